The smallest absolute Gasteiger partial charge is 0.134 e. The second kappa shape index (κ2) is 9.32. The molecule has 1 atom stereocenters. The van der Waals surface area contributed by atoms with Gasteiger partial charge in [-0.3, -0.25) is 0 Å². The molecule has 2 aromatic rings. The normalized spacial score (nSPS) is 15.6. The maximum absolute atomic E-state index is 12.5. The van der Waals surface area contributed by atoms with Gasteiger partial charge in [-0.2, -0.15) is 0 Å². The molecular formula is C22H13FeO4P. The molecule has 0 saturated heterocycles. The molecule has 0 amide bonds. The van der Waals surface area contributed by atoms with Crippen molar-refractivity contribution in [2.24, 2.45) is 0 Å². The van der Waals surface area contributed by atoms with Gasteiger partial charge in [-0.05, 0) is 16.7 Å². The molecule has 0 heterocycles. The number of hydrogen-bond acceptors (Lipinski definition) is 4. The number of benzene rings is 2. The summed E-state index contributed by atoms with van der Waals surface area (Å²) in [7, 11) is 0. The third kappa shape index (κ3) is 3.45. The third-order valence-electron chi connectivity index (χ3n) is 4.49. The molecule has 0 bridgehead atoms. The van der Waals surface area contributed by atoms with Gasteiger partial charge in [0.25, 0.3) is 0 Å². The molecule has 2 aromatic carbocycles. The Balaban J connectivity index is 0.00000280. The summed E-state index contributed by atoms with van der Waals surface area (Å²) in [6, 6.07) is 18.1. The van der Waals surface area contributed by atoms with Crippen LogP contribution < -0.4 is 10.6 Å². The quantitative estimate of drug-likeness (QED) is 0.426. The fraction of sp³-hybridized carbons (Fsp3) is 0.0455. The van der Waals surface area contributed by atoms with Crippen LogP contribution >= 0.6 is 6.89 Å². The molecule has 4 nitrogen and oxygen atoms in total. The van der Waals surface area contributed by atoms with Gasteiger partial charge in [0.1, 0.15) is 23.5 Å². The first-order valence-corrected chi connectivity index (χ1v) is 9.92. The number of hydrogen-bond donors (Lipinski definition) is 0. The van der Waals surface area contributed by atoms with Crippen molar-refractivity contribution in [2.75, 3.05) is 0 Å². The SMILES string of the molecule is O=C=C1C=CC(P(=C=O)(c2ccccc2)c2ccccc2)C(=C=O)C1=C=O.[Fe]. The van der Waals surface area contributed by atoms with Crippen LogP contribution in [0.2, 0.25) is 0 Å². The molecule has 0 aromatic heterocycles. The molecule has 1 aliphatic carbocycles. The van der Waals surface area contributed by atoms with Crippen LogP contribution in [0, 0.1) is 0 Å². The largest absolute Gasteiger partial charge is 0.234 e. The maximum Gasteiger partial charge on any atom is 0.134 e. The van der Waals surface area contributed by atoms with Crippen LogP contribution in [-0.2, 0) is 36.2 Å². The van der Waals surface area contributed by atoms with E-state index in [-0.39, 0.29) is 33.8 Å². The average molecular weight is 428 g/mol. The summed E-state index contributed by atoms with van der Waals surface area (Å²) in [6.07, 6.45) is 2.98. The molecule has 28 heavy (non-hydrogen) atoms. The van der Waals surface area contributed by atoms with E-state index in [1.807, 2.05) is 12.1 Å². The van der Waals surface area contributed by atoms with Crippen molar-refractivity contribution in [1.82, 2.24) is 0 Å². The van der Waals surface area contributed by atoms with Crippen molar-refractivity contribution in [3.05, 3.63) is 89.5 Å². The van der Waals surface area contributed by atoms with Gasteiger partial charge in [0.15, 0.2) is 0 Å². The Bertz CT molecular complexity index is 1100. The van der Waals surface area contributed by atoms with E-state index >= 15 is 0 Å². The van der Waals surface area contributed by atoms with Crippen LogP contribution in [0.25, 0.3) is 0 Å². The second-order valence-electron chi connectivity index (χ2n) is 5.80. The van der Waals surface area contributed by atoms with Crippen LogP contribution in [0.3, 0.4) is 0 Å². The van der Waals surface area contributed by atoms with E-state index in [4.69, 9.17) is 0 Å². The molecular weight excluding hydrogens is 415 g/mol. The molecule has 3 rings (SSSR count). The Morgan fingerprint density at radius 1 is 0.714 bits per heavy atom. The second-order valence-corrected chi connectivity index (χ2v) is 9.01. The van der Waals surface area contributed by atoms with Gasteiger partial charge >= 0.3 is 0 Å². The van der Waals surface area contributed by atoms with Crippen molar-refractivity contribution in [2.45, 2.75) is 5.66 Å². The number of carbonyl (C=O) groups excluding carboxylic acids is 4. The minimum absolute atomic E-state index is 0. The van der Waals surface area contributed by atoms with E-state index < -0.39 is 12.5 Å². The fourth-order valence-electron chi connectivity index (χ4n) is 3.25. The summed E-state index contributed by atoms with van der Waals surface area (Å²) < 4.78 is 0. The predicted octanol–water partition coefficient (Wildman–Crippen LogP) is 1.93. The van der Waals surface area contributed by atoms with Crippen LogP contribution in [0.4, 0.5) is 0 Å². The average Bonchev–Trinajstić information content (AvgIpc) is 2.75. The van der Waals surface area contributed by atoms with Crippen molar-refractivity contribution in [3.8, 4) is 0 Å². The van der Waals surface area contributed by atoms with Gasteiger partial charge in [0, 0.05) is 24.0 Å². The summed E-state index contributed by atoms with van der Waals surface area (Å²) >= 11 is 0. The van der Waals surface area contributed by atoms with Gasteiger partial charge < -0.3 is 0 Å². The Morgan fingerprint density at radius 2 is 1.25 bits per heavy atom. The molecule has 0 radical (unpaired) electrons. The van der Waals surface area contributed by atoms with Crippen molar-refractivity contribution < 1.29 is 36.2 Å². The van der Waals surface area contributed by atoms with E-state index in [1.54, 1.807) is 72.4 Å². The molecule has 0 saturated carbocycles. The van der Waals surface area contributed by atoms with E-state index in [2.05, 4.69) is 5.66 Å². The minimum Gasteiger partial charge on any atom is -0.234 e. The summed E-state index contributed by atoms with van der Waals surface area (Å²) in [5.41, 5.74) is 1.08. The van der Waals surface area contributed by atoms with E-state index in [0.29, 0.717) is 10.6 Å². The van der Waals surface area contributed by atoms with E-state index in [9.17, 15) is 19.2 Å². The predicted molar refractivity (Wildman–Crippen MR) is 105 cm³/mol. The van der Waals surface area contributed by atoms with Gasteiger partial charge in [-0.25, -0.2) is 19.2 Å². The summed E-state index contributed by atoms with van der Waals surface area (Å²) in [6.45, 7) is -2.95. The first-order valence-electron chi connectivity index (χ1n) is 8.06. The van der Waals surface area contributed by atoms with E-state index in [0.717, 1.165) is 0 Å². The molecule has 1 aliphatic rings. The van der Waals surface area contributed by atoms with Crippen LogP contribution in [0.15, 0.2) is 89.5 Å². The zero-order chi connectivity index (χ0) is 19.3. The van der Waals surface area contributed by atoms with Crippen molar-refractivity contribution >= 4 is 41.0 Å². The van der Waals surface area contributed by atoms with Gasteiger partial charge in [0.05, 0.1) is 22.4 Å². The minimum atomic E-state index is -2.95. The standard InChI is InChI=1S/C22H13O4P.Fe/c23-13-17-11-12-22(21(15-25)20(17)14-24)27(16-26,18-7-3-1-4-8-18)19-9-5-2-6-10-19;/h1-12,22H;. The molecule has 1 unspecified atom stereocenters. The first-order chi connectivity index (χ1) is 13.2. The molecule has 6 heteroatoms. The first kappa shape index (κ1) is 21.4. The molecule has 0 fully saturated rings. The van der Waals surface area contributed by atoms with Gasteiger partial charge in [-0.15, -0.1) is 0 Å². The molecule has 0 aliphatic heterocycles. The monoisotopic (exact) mass is 428 g/mol. The number of allylic oxidation sites excluding steroid dienone is 5. The van der Waals surface area contributed by atoms with Crippen LogP contribution in [0.5, 0.6) is 0 Å². The van der Waals surface area contributed by atoms with Crippen molar-refractivity contribution in [3.63, 3.8) is 0 Å². The zero-order valence-corrected chi connectivity index (χ0v) is 16.4. The molecule has 0 N–H and O–H groups in total. The molecule has 0 spiro atoms. The zero-order valence-electron chi connectivity index (χ0n) is 14.4. The Kier molecular flexibility index (Phi) is 7.11. The Hall–Kier alpha value is -2.94. The third-order valence-corrected chi connectivity index (χ3v) is 8.27. The Labute approximate surface area is 172 Å². The van der Waals surface area contributed by atoms with Gasteiger partial charge in [0.2, 0.25) is 0 Å². The summed E-state index contributed by atoms with van der Waals surface area (Å²) in [4.78, 5) is 46.8. The maximum atomic E-state index is 12.5. The Morgan fingerprint density at radius 3 is 1.64 bits per heavy atom. The van der Waals surface area contributed by atoms with Crippen LogP contribution in [0.1, 0.15) is 0 Å². The topological polar surface area (TPSA) is 68.3 Å². The van der Waals surface area contributed by atoms with Crippen molar-refractivity contribution in [1.29, 1.82) is 0 Å². The van der Waals surface area contributed by atoms with Gasteiger partial charge in [-0.1, -0.05) is 66.7 Å². The van der Waals surface area contributed by atoms with Crippen LogP contribution in [-0.4, -0.2) is 29.1 Å². The number of rotatable bonds is 3. The fourth-order valence-corrected chi connectivity index (χ4v) is 6.71. The molecule has 138 valence electrons. The summed E-state index contributed by atoms with van der Waals surface area (Å²) in [5.74, 6) is 5.04. The van der Waals surface area contributed by atoms with E-state index in [1.165, 1.54) is 6.08 Å². The summed E-state index contributed by atoms with van der Waals surface area (Å²) in [5, 5.41) is 1.41.